The number of benzene rings is 2. The van der Waals surface area contributed by atoms with E-state index < -0.39 is 24.3 Å². The second kappa shape index (κ2) is 7.38. The highest BCUT2D eigenvalue weighted by molar-refractivity contribution is 6.08. The average Bonchev–Trinajstić information content (AvgIpc) is 2.59. The lowest BCUT2D eigenvalue weighted by Crippen LogP contribution is -2.36. The molecule has 7 heteroatoms. The van der Waals surface area contributed by atoms with Crippen LogP contribution in [0.3, 0.4) is 0 Å². The number of hydrogen-bond donors (Lipinski definition) is 3. The number of anilines is 1. The molecule has 0 radical (unpaired) electrons. The monoisotopic (exact) mass is 327 g/mol. The zero-order valence-corrected chi connectivity index (χ0v) is 12.8. The van der Waals surface area contributed by atoms with Gasteiger partial charge in [-0.05, 0) is 35.9 Å². The molecule has 0 saturated carbocycles. The van der Waals surface area contributed by atoms with Gasteiger partial charge in [-0.3, -0.25) is 19.3 Å². The van der Waals surface area contributed by atoms with Crippen LogP contribution in [-0.4, -0.2) is 29.4 Å². The van der Waals surface area contributed by atoms with E-state index in [0.29, 0.717) is 16.8 Å². The Morgan fingerprint density at radius 1 is 1.04 bits per heavy atom. The molecule has 5 N–H and O–H groups in total. The van der Waals surface area contributed by atoms with E-state index in [9.17, 15) is 14.4 Å². The van der Waals surface area contributed by atoms with E-state index in [0.717, 1.165) is 4.90 Å². The SMILES string of the molecule is NCc1cc(N(CC(=O)O)C(=O)c2ccccc2)ccc1C(N)=O. The van der Waals surface area contributed by atoms with Gasteiger partial charge in [0.1, 0.15) is 6.54 Å². The van der Waals surface area contributed by atoms with Crippen molar-refractivity contribution in [2.24, 2.45) is 11.5 Å². The van der Waals surface area contributed by atoms with Crippen LogP contribution in [0.15, 0.2) is 48.5 Å². The van der Waals surface area contributed by atoms with Gasteiger partial charge in [-0.25, -0.2) is 0 Å². The number of primary amides is 1. The fraction of sp³-hybridized carbons (Fsp3) is 0.118. The van der Waals surface area contributed by atoms with E-state index >= 15 is 0 Å². The minimum atomic E-state index is -1.16. The van der Waals surface area contributed by atoms with E-state index in [1.807, 2.05) is 0 Å². The molecule has 124 valence electrons. The Morgan fingerprint density at radius 2 is 1.71 bits per heavy atom. The highest BCUT2D eigenvalue weighted by Crippen LogP contribution is 2.21. The predicted molar refractivity (Wildman–Crippen MR) is 88.6 cm³/mol. The van der Waals surface area contributed by atoms with E-state index in [-0.39, 0.29) is 12.1 Å². The first kappa shape index (κ1) is 17.2. The van der Waals surface area contributed by atoms with E-state index in [2.05, 4.69) is 0 Å². The number of carboxylic acids is 1. The molecule has 2 amide bonds. The number of nitrogens with two attached hydrogens (primary N) is 2. The summed E-state index contributed by atoms with van der Waals surface area (Å²) in [7, 11) is 0. The van der Waals surface area contributed by atoms with E-state index in [1.54, 1.807) is 30.3 Å². The first-order chi connectivity index (χ1) is 11.4. The third kappa shape index (κ3) is 3.76. The quantitative estimate of drug-likeness (QED) is 0.729. The van der Waals surface area contributed by atoms with Crippen LogP contribution in [0.4, 0.5) is 5.69 Å². The molecule has 24 heavy (non-hydrogen) atoms. The lowest BCUT2D eigenvalue weighted by molar-refractivity contribution is -0.135. The lowest BCUT2D eigenvalue weighted by atomic mass is 10.0. The largest absolute Gasteiger partial charge is 0.480 e. The molecule has 0 spiro atoms. The summed E-state index contributed by atoms with van der Waals surface area (Å²) in [6.45, 7) is -0.486. The molecule has 0 fully saturated rings. The molecule has 7 nitrogen and oxygen atoms in total. The van der Waals surface area contributed by atoms with Crippen molar-refractivity contribution in [3.63, 3.8) is 0 Å². The summed E-state index contributed by atoms with van der Waals surface area (Å²) in [6, 6.07) is 12.7. The van der Waals surface area contributed by atoms with Crippen LogP contribution in [0.1, 0.15) is 26.3 Å². The summed E-state index contributed by atoms with van der Waals surface area (Å²) < 4.78 is 0. The maximum Gasteiger partial charge on any atom is 0.323 e. The summed E-state index contributed by atoms with van der Waals surface area (Å²) in [4.78, 5) is 36.3. The second-order valence-corrected chi connectivity index (χ2v) is 5.06. The number of aliphatic carboxylic acids is 1. The molecule has 0 aliphatic heterocycles. The standard InChI is InChI=1S/C17H17N3O4/c18-9-12-8-13(6-7-14(12)16(19)23)20(10-15(21)22)17(24)11-4-2-1-3-5-11/h1-8H,9-10,18H2,(H2,19,23)(H,21,22). The number of hydrogen-bond acceptors (Lipinski definition) is 4. The Balaban J connectivity index is 2.47. The minimum Gasteiger partial charge on any atom is -0.480 e. The molecule has 0 aliphatic rings. The molecule has 0 aliphatic carbocycles. The number of carbonyl (C=O) groups excluding carboxylic acids is 2. The predicted octanol–water partition coefficient (Wildman–Crippen LogP) is 0.976. The summed E-state index contributed by atoms with van der Waals surface area (Å²) in [5, 5.41) is 9.12. The van der Waals surface area contributed by atoms with Crippen molar-refractivity contribution in [3.8, 4) is 0 Å². The maximum atomic E-state index is 12.6. The number of rotatable bonds is 6. The Labute approximate surface area is 138 Å². The van der Waals surface area contributed by atoms with E-state index in [4.69, 9.17) is 16.6 Å². The van der Waals surface area contributed by atoms with Crippen molar-refractivity contribution < 1.29 is 19.5 Å². The van der Waals surface area contributed by atoms with Crippen molar-refractivity contribution in [3.05, 3.63) is 65.2 Å². The lowest BCUT2D eigenvalue weighted by Gasteiger charge is -2.22. The van der Waals surface area contributed by atoms with Gasteiger partial charge in [-0.1, -0.05) is 18.2 Å². The van der Waals surface area contributed by atoms with Crippen LogP contribution >= 0.6 is 0 Å². The van der Waals surface area contributed by atoms with Gasteiger partial charge >= 0.3 is 5.97 Å². The van der Waals surface area contributed by atoms with Crippen molar-refractivity contribution in [2.75, 3.05) is 11.4 Å². The van der Waals surface area contributed by atoms with Crippen molar-refractivity contribution in [1.82, 2.24) is 0 Å². The van der Waals surface area contributed by atoms with Crippen LogP contribution in [0, 0.1) is 0 Å². The molecule has 2 aromatic rings. The van der Waals surface area contributed by atoms with Crippen molar-refractivity contribution >= 4 is 23.5 Å². The molecule has 0 atom stereocenters. The minimum absolute atomic E-state index is 0.0343. The third-order valence-electron chi connectivity index (χ3n) is 3.45. The van der Waals surface area contributed by atoms with Crippen LogP contribution in [0.5, 0.6) is 0 Å². The molecule has 0 heterocycles. The molecule has 0 unspecified atom stereocenters. The fourth-order valence-corrected chi connectivity index (χ4v) is 2.31. The van der Waals surface area contributed by atoms with Crippen molar-refractivity contribution in [2.45, 2.75) is 6.54 Å². The molecular weight excluding hydrogens is 310 g/mol. The first-order valence-electron chi connectivity index (χ1n) is 7.15. The van der Waals surface area contributed by atoms with Crippen LogP contribution in [0.2, 0.25) is 0 Å². The third-order valence-corrected chi connectivity index (χ3v) is 3.45. The van der Waals surface area contributed by atoms with Gasteiger partial charge in [0.15, 0.2) is 0 Å². The van der Waals surface area contributed by atoms with Gasteiger partial charge < -0.3 is 16.6 Å². The Kier molecular flexibility index (Phi) is 5.28. The van der Waals surface area contributed by atoms with Crippen LogP contribution in [-0.2, 0) is 11.3 Å². The first-order valence-corrected chi connectivity index (χ1v) is 7.15. The number of carboxylic acid groups (broad SMARTS) is 1. The Hall–Kier alpha value is -3.19. The number of nitrogens with zero attached hydrogens (tertiary/aromatic N) is 1. The topological polar surface area (TPSA) is 127 Å². The van der Waals surface area contributed by atoms with Gasteiger partial charge in [0, 0.05) is 23.4 Å². The summed E-state index contributed by atoms with van der Waals surface area (Å²) in [6.07, 6.45) is 0. The normalized spacial score (nSPS) is 10.2. The van der Waals surface area contributed by atoms with Crippen molar-refractivity contribution in [1.29, 1.82) is 0 Å². The van der Waals surface area contributed by atoms with Crippen LogP contribution in [0.25, 0.3) is 0 Å². The molecule has 0 saturated heterocycles. The molecule has 2 aromatic carbocycles. The van der Waals surface area contributed by atoms with Gasteiger partial charge in [0.25, 0.3) is 5.91 Å². The second-order valence-electron chi connectivity index (χ2n) is 5.06. The zero-order chi connectivity index (χ0) is 17.7. The zero-order valence-electron chi connectivity index (χ0n) is 12.8. The van der Waals surface area contributed by atoms with Gasteiger partial charge in [-0.2, -0.15) is 0 Å². The highest BCUT2D eigenvalue weighted by atomic mass is 16.4. The molecule has 0 bridgehead atoms. The molecule has 2 rings (SSSR count). The highest BCUT2D eigenvalue weighted by Gasteiger charge is 2.21. The van der Waals surface area contributed by atoms with Gasteiger partial charge in [0.2, 0.25) is 5.91 Å². The Morgan fingerprint density at radius 3 is 2.25 bits per heavy atom. The van der Waals surface area contributed by atoms with Gasteiger partial charge in [-0.15, -0.1) is 0 Å². The molecule has 0 aromatic heterocycles. The summed E-state index contributed by atoms with van der Waals surface area (Å²) >= 11 is 0. The summed E-state index contributed by atoms with van der Waals surface area (Å²) in [5.41, 5.74) is 12.3. The average molecular weight is 327 g/mol. The number of amides is 2. The van der Waals surface area contributed by atoms with Gasteiger partial charge in [0.05, 0.1) is 0 Å². The fourth-order valence-electron chi connectivity index (χ4n) is 2.31. The van der Waals surface area contributed by atoms with E-state index in [1.165, 1.54) is 18.2 Å². The number of carbonyl (C=O) groups is 3. The summed E-state index contributed by atoms with van der Waals surface area (Å²) in [5.74, 6) is -2.26. The smallest absolute Gasteiger partial charge is 0.323 e. The Bertz CT molecular complexity index is 775. The maximum absolute atomic E-state index is 12.6. The van der Waals surface area contributed by atoms with Crippen LogP contribution < -0.4 is 16.4 Å². The molecular formula is C17H17N3O4.